The molecule has 0 radical (unpaired) electrons. The molecule has 35 heavy (non-hydrogen) atoms. The van der Waals surface area contributed by atoms with Gasteiger partial charge in [-0.15, -0.1) is 0 Å². The number of carboxylic acids is 1. The summed E-state index contributed by atoms with van der Waals surface area (Å²) >= 11 is 0. The maximum Gasteiger partial charge on any atom is 0.303 e. The number of hydrogen-bond donors (Lipinski definition) is 1. The van der Waals surface area contributed by atoms with Crippen molar-refractivity contribution in [3.8, 4) is 0 Å². The van der Waals surface area contributed by atoms with Crippen molar-refractivity contribution in [3.63, 3.8) is 0 Å². The number of allylic oxidation sites excluding steroid dienone is 4. The normalized spacial score (nSPS) is 11.1. The molecule has 0 heterocycles. The summed E-state index contributed by atoms with van der Waals surface area (Å²) < 4.78 is 0. The molecule has 0 aromatic carbocycles. The Morgan fingerprint density at radius 3 is 1.14 bits per heavy atom. The Morgan fingerprint density at radius 2 is 0.800 bits per heavy atom. The number of carbonyl (C=O) groups excluding carboxylic acids is 1. The van der Waals surface area contributed by atoms with E-state index in [0.29, 0.717) is 6.42 Å². The quantitative estimate of drug-likeness (QED) is 0.0742. The molecule has 3 nitrogen and oxygen atoms in total. The SMILES string of the molecule is CCCC/C=C\CCCCCCCCC=O.CCCC/C=C\CCCCCCCCCCC(=O)O. The van der Waals surface area contributed by atoms with Crippen molar-refractivity contribution in [1.29, 1.82) is 0 Å². The molecule has 206 valence electrons. The molecule has 0 aromatic heterocycles. The highest BCUT2D eigenvalue weighted by atomic mass is 16.4. The molecule has 1 N–H and O–H groups in total. The predicted octanol–water partition coefficient (Wildman–Crippen LogP) is 10.8. The van der Waals surface area contributed by atoms with Gasteiger partial charge in [-0.3, -0.25) is 4.79 Å². The molecule has 0 saturated heterocycles. The molecule has 0 aromatic rings. The Balaban J connectivity index is 0. The minimum atomic E-state index is -0.660. The molecule has 0 fully saturated rings. The van der Waals surface area contributed by atoms with Gasteiger partial charge in [-0.1, -0.05) is 128 Å². The zero-order valence-corrected chi connectivity index (χ0v) is 23.6. The lowest BCUT2D eigenvalue weighted by atomic mass is 10.1. The van der Waals surface area contributed by atoms with E-state index in [-0.39, 0.29) is 0 Å². The van der Waals surface area contributed by atoms with Gasteiger partial charge in [0.25, 0.3) is 0 Å². The van der Waals surface area contributed by atoms with Crippen LogP contribution in [-0.2, 0) is 9.59 Å². The highest BCUT2D eigenvalue weighted by molar-refractivity contribution is 5.66. The summed E-state index contributed by atoms with van der Waals surface area (Å²) in [6, 6.07) is 0. The lowest BCUT2D eigenvalue weighted by Gasteiger charge is -2.00. The van der Waals surface area contributed by atoms with Crippen LogP contribution in [0.4, 0.5) is 0 Å². The van der Waals surface area contributed by atoms with Crippen LogP contribution in [0.1, 0.15) is 168 Å². The molecule has 0 amide bonds. The smallest absolute Gasteiger partial charge is 0.303 e. The van der Waals surface area contributed by atoms with Crippen molar-refractivity contribution in [3.05, 3.63) is 24.3 Å². The van der Waals surface area contributed by atoms with E-state index in [2.05, 4.69) is 38.2 Å². The van der Waals surface area contributed by atoms with Crippen LogP contribution in [0.3, 0.4) is 0 Å². The standard InChI is InChI=1S/C17H32O2.C15H28O/c1-2-3-4-5-6-7-8-9-10-11-12-13-14-15-16-17(18)19;1-2-3-4-5-6-7-8-9-10-11-12-13-14-15-16/h5-6H,2-4,7-16H2,1H3,(H,18,19);5-6,15H,2-4,7-14H2,1H3/b2*6-5-. The molecule has 3 heteroatoms. The summed E-state index contributed by atoms with van der Waals surface area (Å²) in [7, 11) is 0. The maximum absolute atomic E-state index is 10.3. The summed E-state index contributed by atoms with van der Waals surface area (Å²) in [5, 5.41) is 8.50. The number of hydrogen-bond acceptors (Lipinski definition) is 2. The first-order valence-electron chi connectivity index (χ1n) is 15.1. The third-order valence-electron chi connectivity index (χ3n) is 6.24. The van der Waals surface area contributed by atoms with Gasteiger partial charge in [-0.25, -0.2) is 0 Å². The molecular formula is C32H60O3. The van der Waals surface area contributed by atoms with Crippen molar-refractivity contribution < 1.29 is 14.7 Å². The zero-order valence-electron chi connectivity index (χ0n) is 23.6. The van der Waals surface area contributed by atoms with Crippen LogP contribution >= 0.6 is 0 Å². The van der Waals surface area contributed by atoms with Gasteiger partial charge in [0.2, 0.25) is 0 Å². The second kappa shape index (κ2) is 34.8. The Hall–Kier alpha value is -1.38. The van der Waals surface area contributed by atoms with Gasteiger partial charge in [0, 0.05) is 12.8 Å². The van der Waals surface area contributed by atoms with E-state index >= 15 is 0 Å². The second-order valence-electron chi connectivity index (χ2n) is 9.85. The van der Waals surface area contributed by atoms with Gasteiger partial charge in [0.05, 0.1) is 0 Å². The predicted molar refractivity (Wildman–Crippen MR) is 154 cm³/mol. The van der Waals surface area contributed by atoms with Gasteiger partial charge < -0.3 is 9.90 Å². The van der Waals surface area contributed by atoms with Gasteiger partial charge >= 0.3 is 5.97 Å². The van der Waals surface area contributed by atoms with Crippen LogP contribution in [0.25, 0.3) is 0 Å². The van der Waals surface area contributed by atoms with Crippen molar-refractivity contribution in [2.75, 3.05) is 0 Å². The van der Waals surface area contributed by atoms with E-state index in [9.17, 15) is 9.59 Å². The largest absolute Gasteiger partial charge is 0.481 e. The third kappa shape index (κ3) is 40.1. The van der Waals surface area contributed by atoms with Crippen molar-refractivity contribution in [1.82, 2.24) is 0 Å². The molecule has 0 rings (SSSR count). The summed E-state index contributed by atoms with van der Waals surface area (Å²) in [6.45, 7) is 4.47. The minimum absolute atomic E-state index is 0.338. The Bertz CT molecular complexity index is 467. The van der Waals surface area contributed by atoms with E-state index in [1.165, 1.54) is 122 Å². The van der Waals surface area contributed by atoms with Gasteiger partial charge in [0.15, 0.2) is 0 Å². The number of carboxylic acid groups (broad SMARTS) is 1. The second-order valence-corrected chi connectivity index (χ2v) is 9.85. The third-order valence-corrected chi connectivity index (χ3v) is 6.24. The molecule has 0 atom stereocenters. The number of carbonyl (C=O) groups is 2. The van der Waals surface area contributed by atoms with Crippen LogP contribution in [-0.4, -0.2) is 17.4 Å². The average molecular weight is 493 g/mol. The molecule has 0 unspecified atom stereocenters. The lowest BCUT2D eigenvalue weighted by Crippen LogP contribution is -1.93. The van der Waals surface area contributed by atoms with Gasteiger partial charge in [0.1, 0.15) is 6.29 Å². The fourth-order valence-corrected chi connectivity index (χ4v) is 3.91. The summed E-state index contributed by atoms with van der Waals surface area (Å²) in [5.41, 5.74) is 0. The van der Waals surface area contributed by atoms with Crippen LogP contribution in [0, 0.1) is 0 Å². The number of unbranched alkanes of at least 4 members (excludes halogenated alkanes) is 19. The summed E-state index contributed by atoms with van der Waals surface area (Å²) in [6.07, 6.45) is 39.0. The lowest BCUT2D eigenvalue weighted by molar-refractivity contribution is -0.137. The molecule has 0 saturated carbocycles. The molecule has 0 aliphatic heterocycles. The zero-order chi connectivity index (χ0) is 26.1. The number of aldehydes is 1. The topological polar surface area (TPSA) is 54.4 Å². The first-order chi connectivity index (χ1) is 17.2. The van der Waals surface area contributed by atoms with Crippen LogP contribution < -0.4 is 0 Å². The monoisotopic (exact) mass is 492 g/mol. The Morgan fingerprint density at radius 1 is 0.486 bits per heavy atom. The van der Waals surface area contributed by atoms with Crippen molar-refractivity contribution in [2.24, 2.45) is 0 Å². The fraction of sp³-hybridized carbons (Fsp3) is 0.812. The molecule has 0 spiro atoms. The molecular weight excluding hydrogens is 432 g/mol. The van der Waals surface area contributed by atoms with E-state index in [1.807, 2.05) is 0 Å². The number of aliphatic carboxylic acids is 1. The van der Waals surface area contributed by atoms with E-state index in [1.54, 1.807) is 0 Å². The van der Waals surface area contributed by atoms with Crippen LogP contribution in [0.5, 0.6) is 0 Å². The summed E-state index contributed by atoms with van der Waals surface area (Å²) in [4.78, 5) is 20.4. The average Bonchev–Trinajstić information content (AvgIpc) is 2.85. The fourth-order valence-electron chi connectivity index (χ4n) is 3.91. The Kier molecular flexibility index (Phi) is 35.6. The van der Waals surface area contributed by atoms with Gasteiger partial charge in [-0.05, 0) is 51.4 Å². The molecule has 0 aliphatic rings. The maximum atomic E-state index is 10.3. The van der Waals surface area contributed by atoms with Crippen molar-refractivity contribution >= 4 is 12.3 Å². The van der Waals surface area contributed by atoms with E-state index in [0.717, 1.165) is 32.0 Å². The first kappa shape index (κ1) is 35.8. The van der Waals surface area contributed by atoms with E-state index < -0.39 is 5.97 Å². The minimum Gasteiger partial charge on any atom is -0.481 e. The van der Waals surface area contributed by atoms with Crippen LogP contribution in [0.2, 0.25) is 0 Å². The number of rotatable bonds is 26. The van der Waals surface area contributed by atoms with E-state index in [4.69, 9.17) is 5.11 Å². The van der Waals surface area contributed by atoms with Gasteiger partial charge in [-0.2, -0.15) is 0 Å². The summed E-state index contributed by atoms with van der Waals surface area (Å²) in [5.74, 6) is -0.660. The molecule has 0 aliphatic carbocycles. The highest BCUT2D eigenvalue weighted by Gasteiger charge is 1.96. The molecule has 0 bridgehead atoms. The van der Waals surface area contributed by atoms with Crippen molar-refractivity contribution in [2.45, 2.75) is 168 Å². The Labute approximate surface area is 219 Å². The van der Waals surface area contributed by atoms with Crippen LogP contribution in [0.15, 0.2) is 24.3 Å². The first-order valence-corrected chi connectivity index (χ1v) is 15.1. The highest BCUT2D eigenvalue weighted by Crippen LogP contribution is 2.11.